The van der Waals surface area contributed by atoms with Crippen molar-refractivity contribution in [3.63, 3.8) is 0 Å². The monoisotopic (exact) mass is 1560 g/mol. The van der Waals surface area contributed by atoms with Crippen LogP contribution in [0, 0.1) is 41.4 Å². The first-order chi connectivity index (χ1) is 52.0. The number of primary amides is 1. The summed E-state index contributed by atoms with van der Waals surface area (Å²) in [5.74, 6) is -15.4. The van der Waals surface area contributed by atoms with Gasteiger partial charge in [0.25, 0.3) is 0 Å². The number of hydrogen-bond acceptors (Lipinski definition) is 23. The van der Waals surface area contributed by atoms with Gasteiger partial charge in [0.15, 0.2) is 35.0 Å². The molecule has 0 spiro atoms. The maximum Gasteiger partial charge on any atom is 0.410 e. The van der Waals surface area contributed by atoms with Gasteiger partial charge in [0.2, 0.25) is 41.6 Å². The van der Waals surface area contributed by atoms with E-state index in [1.54, 1.807) is 34.6 Å². The number of nitrogens with one attached hydrogen (secondary N) is 5. The van der Waals surface area contributed by atoms with Crippen molar-refractivity contribution in [3.05, 3.63) is 117 Å². The predicted molar refractivity (Wildman–Crippen MR) is 388 cm³/mol. The predicted octanol–water partition coefficient (Wildman–Crippen LogP) is 7.19. The van der Waals surface area contributed by atoms with E-state index >= 15 is 28.8 Å². The SMILES string of the molecule is CC(C)C[C@H](C(=O)N[C@H]1C(=O)C[C@@H](CC(N)=O)C(=O)N[C@H]2C(=O)C[C@H]3C(=O)N[C@@H](C(=O)N[C@H](C(=O)CC4C5CC6CC(C5)CC4C6)c4cc(O)cc(O)c4-c4cc3ccc4O)[C@H](O)c3ccc(c(Cl)c3)Oc3cc2cc(c3OC2OC3CNC(=O)OC3C(O)C2O)Oc2ccc(cc2Cl)[C@H]1O)N(C)C(=O)OC(C)(C)C. The molecule has 14 N–H and O–H groups in total. The van der Waals surface area contributed by atoms with Crippen LogP contribution in [0.15, 0.2) is 78.9 Å². The number of likely N-dealkylation sites (N-methyl/N-ethyl adjacent to an activating group) is 1. The van der Waals surface area contributed by atoms with E-state index < -0.39 is 203 Å². The van der Waals surface area contributed by atoms with Crippen molar-refractivity contribution in [3.8, 4) is 57.1 Å². The zero-order valence-corrected chi connectivity index (χ0v) is 62.3. The summed E-state index contributed by atoms with van der Waals surface area (Å²) >= 11 is 14.3. The molecule has 30 nitrogen and oxygen atoms in total. The molecule has 586 valence electrons. The van der Waals surface area contributed by atoms with Gasteiger partial charge in [0.05, 0.1) is 28.4 Å². The van der Waals surface area contributed by atoms with Crippen LogP contribution in [0.25, 0.3) is 11.1 Å². The van der Waals surface area contributed by atoms with E-state index in [1.807, 2.05) is 0 Å². The molecule has 0 radical (unpaired) electrons. The summed E-state index contributed by atoms with van der Waals surface area (Å²) in [6, 6.07) is 5.74. The van der Waals surface area contributed by atoms with Gasteiger partial charge in [-0.2, -0.15) is 0 Å². The van der Waals surface area contributed by atoms with Crippen LogP contribution in [-0.2, 0) is 52.6 Å². The fraction of sp³-hybridized carbons (Fsp3) is 0.487. The van der Waals surface area contributed by atoms with Gasteiger partial charge in [0, 0.05) is 49.9 Å². The highest BCUT2D eigenvalue weighted by atomic mass is 35.5. The van der Waals surface area contributed by atoms with Gasteiger partial charge < -0.3 is 96.5 Å². The number of alkyl carbamates (subject to hydrolysis) is 1. The van der Waals surface area contributed by atoms with Crippen molar-refractivity contribution in [2.24, 2.45) is 47.2 Å². The minimum Gasteiger partial charge on any atom is -0.508 e. The van der Waals surface area contributed by atoms with E-state index in [-0.39, 0.29) is 104 Å². The molecule has 4 aliphatic carbocycles. The van der Waals surface area contributed by atoms with Gasteiger partial charge in [-0.3, -0.25) is 43.3 Å². The number of ketones is 3. The topological polar surface area (TPSA) is 457 Å². The first-order valence-electron chi connectivity index (χ1n) is 36.6. The fourth-order valence-electron chi connectivity index (χ4n) is 17.0. The Kier molecular flexibility index (Phi) is 22.2. The van der Waals surface area contributed by atoms with E-state index in [0.717, 1.165) is 73.4 Å². The Labute approximate surface area is 640 Å². The lowest BCUT2D eigenvalue weighted by molar-refractivity contribution is -0.275. The molecule has 110 heavy (non-hydrogen) atoms. The first kappa shape index (κ1) is 78.3. The van der Waals surface area contributed by atoms with Crippen LogP contribution in [0.3, 0.4) is 0 Å². The molecule has 7 heterocycles. The summed E-state index contributed by atoms with van der Waals surface area (Å²) in [5, 5.41) is 96.5. The number of aliphatic hydroxyl groups excluding tert-OH is 4. The van der Waals surface area contributed by atoms with Crippen molar-refractivity contribution in [1.82, 2.24) is 31.5 Å². The molecule has 7 amide bonds. The summed E-state index contributed by atoms with van der Waals surface area (Å²) in [6.45, 7) is 8.09. The van der Waals surface area contributed by atoms with Crippen molar-refractivity contribution in [1.29, 1.82) is 0 Å². The summed E-state index contributed by atoms with van der Waals surface area (Å²) in [7, 11) is 1.30. The number of rotatable bonds is 12. The van der Waals surface area contributed by atoms with Gasteiger partial charge in [-0.05, 0) is 177 Å². The Balaban J connectivity index is 0.986. The maximum atomic E-state index is 16.4. The lowest BCUT2D eigenvalue weighted by atomic mass is 9.51. The van der Waals surface area contributed by atoms with E-state index in [0.29, 0.717) is 11.8 Å². The number of halogens is 2. The number of carbonyl (C=O) groups is 10. The van der Waals surface area contributed by atoms with Gasteiger partial charge in [-0.25, -0.2) is 9.59 Å². The molecule has 11 aliphatic rings. The molecular formula is C78H87Cl2N7O23. The van der Waals surface area contributed by atoms with E-state index in [1.165, 1.54) is 49.5 Å². The number of aromatic hydroxyl groups is 3. The summed E-state index contributed by atoms with van der Waals surface area (Å²) < 4.78 is 36.9. The number of carbonyl (C=O) groups excluding carboxylic acids is 10. The number of nitrogens with zero attached hydrogens (tertiary/aromatic N) is 1. The smallest absolute Gasteiger partial charge is 0.410 e. The highest BCUT2D eigenvalue weighted by Crippen LogP contribution is 2.58. The normalized spacial score (nSPS) is 29.5. The van der Waals surface area contributed by atoms with Crippen molar-refractivity contribution >= 4 is 82.3 Å². The molecule has 5 aromatic carbocycles. The number of fused-ring (bicyclic) bond motifs is 16. The second-order valence-electron chi connectivity index (χ2n) is 31.5. The van der Waals surface area contributed by atoms with Gasteiger partial charge in [0.1, 0.15) is 95.1 Å². The number of phenolic OH excluding ortho intramolecular Hbond substituents is 3. The van der Waals surface area contributed by atoms with E-state index in [9.17, 15) is 54.9 Å². The second-order valence-corrected chi connectivity index (χ2v) is 32.4. The van der Waals surface area contributed by atoms with Crippen LogP contribution in [0.1, 0.15) is 157 Å². The number of benzene rings is 5. The number of hydrogen-bond donors (Lipinski definition) is 13. The minimum atomic E-state index is -2.17. The number of ether oxygens (including phenoxy) is 6. The maximum absolute atomic E-state index is 16.4. The molecule has 14 atom stereocenters. The lowest BCUT2D eigenvalue weighted by Crippen LogP contribution is -2.65. The Morgan fingerprint density at radius 2 is 1.32 bits per heavy atom. The van der Waals surface area contributed by atoms with Crippen LogP contribution in [0.4, 0.5) is 9.59 Å². The molecular weight excluding hydrogens is 1470 g/mol. The quantitative estimate of drug-likeness (QED) is 0.0587. The third kappa shape index (κ3) is 16.2. The van der Waals surface area contributed by atoms with E-state index in [4.69, 9.17) is 57.4 Å². The standard InChI is InChI=1S/C78H87Cl2N7O23/c1-31(2)13-48(87(6)77(104)110-78(3,4)5)73(101)85-63-51(91)22-40(25-59(81)94)71(99)83-61-39-23-56(105-54-11-8-35(65(63)95)20-46(54)79)69(108-75-68(98)67(97)70-58(107-75)30-82-76(103)109-70)57(24-39)106-55-12-9-36(21-47(55)80)66(96)64-74(102)84-62(53(93)28-42-37-15-32-14-33(17-37)18-38(42)16-32)45-26-41(88)27-50(90)60(45)44-19-34(7-10-49(44)89)43(29-52(61)92)72(100)86-64/h7-12,19-21,23-24,26-27,31-33,37-38,40,42-43,48,58,61-68,70,75,88-90,95-98H,13-18,22,25,28-30H2,1-6H3,(H2,81,94)(H,82,103)(H,83,99)(H,84,102)(H,85,101)(H,86,100)/t32?,33?,37?,38?,40-,42?,43+,48+,58?,61+,62-,63-,64+,65+,66+,67?,68?,70?,75?/m0/s1. The van der Waals surface area contributed by atoms with Crippen LogP contribution in [-0.4, -0.2) is 168 Å². The van der Waals surface area contributed by atoms with Crippen LogP contribution < -0.4 is 46.5 Å². The largest absolute Gasteiger partial charge is 0.508 e. The summed E-state index contributed by atoms with van der Waals surface area (Å²) in [4.78, 5) is 149. The van der Waals surface area contributed by atoms with E-state index in [2.05, 4.69) is 26.6 Å². The lowest BCUT2D eigenvalue weighted by Gasteiger charge is -2.54. The molecule has 7 aliphatic heterocycles. The van der Waals surface area contributed by atoms with Crippen molar-refractivity contribution < 1.29 is 112 Å². The Morgan fingerprint density at radius 1 is 0.691 bits per heavy atom. The molecule has 4 saturated carbocycles. The number of aliphatic hydroxyl groups is 4. The number of Topliss-reactive ketones (excluding diaryl/α,β-unsaturated/α-hetero) is 3. The molecule has 5 aromatic rings. The zero-order chi connectivity index (χ0) is 79.0. The molecule has 15 bridgehead atoms. The Bertz CT molecular complexity index is 4520. The fourth-order valence-corrected chi connectivity index (χ4v) is 17.5. The number of nitrogens with two attached hydrogens (primary N) is 1. The third-order valence-corrected chi connectivity index (χ3v) is 22.8. The Hall–Kier alpha value is -9.82. The minimum absolute atomic E-state index is 0.0160. The highest BCUT2D eigenvalue weighted by molar-refractivity contribution is 6.32. The molecule has 16 rings (SSSR count). The van der Waals surface area contributed by atoms with Crippen LogP contribution in [0.2, 0.25) is 10.0 Å². The number of amides is 7. The average molecular weight is 1560 g/mol. The zero-order valence-electron chi connectivity index (χ0n) is 60.8. The van der Waals surface area contributed by atoms with Crippen LogP contribution in [0.5, 0.6) is 46.0 Å². The molecule has 0 aromatic heterocycles. The summed E-state index contributed by atoms with van der Waals surface area (Å²) in [6.07, 6.45) is -12.9. The molecule has 32 heteroatoms. The second kappa shape index (κ2) is 31.2. The summed E-state index contributed by atoms with van der Waals surface area (Å²) in [5.41, 5.74) is 3.28. The molecule has 6 fully saturated rings. The van der Waals surface area contributed by atoms with Gasteiger partial charge >= 0.3 is 12.2 Å². The Morgan fingerprint density at radius 3 is 1.93 bits per heavy atom. The van der Waals surface area contributed by atoms with Gasteiger partial charge in [-0.1, -0.05) is 55.2 Å². The highest BCUT2D eigenvalue weighted by Gasteiger charge is 2.53. The number of phenols is 3. The van der Waals surface area contributed by atoms with Crippen LogP contribution >= 0.6 is 23.2 Å². The third-order valence-electron chi connectivity index (χ3n) is 22.2. The van der Waals surface area contributed by atoms with Crippen molar-refractivity contribution in [2.45, 2.75) is 183 Å². The molecule has 5 unspecified atom stereocenters. The van der Waals surface area contributed by atoms with Crippen molar-refractivity contribution in [2.75, 3.05) is 13.6 Å². The average Bonchev–Trinajstić information content (AvgIpc) is 0.754. The first-order valence-corrected chi connectivity index (χ1v) is 37.3. The molecule has 2 saturated heterocycles. The van der Waals surface area contributed by atoms with Gasteiger partial charge in [-0.15, -0.1) is 0 Å².